The predicted molar refractivity (Wildman–Crippen MR) is 83.9 cm³/mol. The molecule has 2 aromatic rings. The van der Waals surface area contributed by atoms with E-state index >= 15 is 0 Å². The molecule has 1 aliphatic rings. The van der Waals surface area contributed by atoms with E-state index in [4.69, 9.17) is 9.16 Å². The fraction of sp³-hybridized carbons (Fsp3) is 0.294. The van der Waals surface area contributed by atoms with Crippen LogP contribution in [0.25, 0.3) is 0 Å². The summed E-state index contributed by atoms with van der Waals surface area (Å²) in [4.78, 5) is 0. The molecule has 0 N–H and O–H groups in total. The summed E-state index contributed by atoms with van der Waals surface area (Å²) in [6, 6.07) is 21.2. The Balaban J connectivity index is 2.15. The Morgan fingerprint density at radius 1 is 0.950 bits per heavy atom. The summed E-state index contributed by atoms with van der Waals surface area (Å²) in [6.45, 7) is 0.850. The molecule has 3 heteroatoms. The van der Waals surface area contributed by atoms with Crippen molar-refractivity contribution < 1.29 is 9.16 Å². The summed E-state index contributed by atoms with van der Waals surface area (Å²) < 4.78 is 12.3. The van der Waals surface area contributed by atoms with Crippen LogP contribution in [0.1, 0.15) is 12.8 Å². The van der Waals surface area contributed by atoms with Crippen LogP contribution in [0.3, 0.4) is 0 Å². The van der Waals surface area contributed by atoms with Crippen molar-refractivity contribution in [3.63, 3.8) is 0 Å². The quantitative estimate of drug-likeness (QED) is 0.801. The third-order valence-corrected chi connectivity index (χ3v) is 8.50. The first-order valence-corrected chi connectivity index (χ1v) is 9.14. The topological polar surface area (TPSA) is 18.5 Å². The van der Waals surface area contributed by atoms with Crippen LogP contribution >= 0.6 is 0 Å². The van der Waals surface area contributed by atoms with E-state index in [9.17, 15) is 0 Å². The minimum atomic E-state index is -2.31. The first-order chi connectivity index (χ1) is 9.88. The van der Waals surface area contributed by atoms with E-state index in [1.807, 2.05) is 7.11 Å². The van der Waals surface area contributed by atoms with Gasteiger partial charge in [0.2, 0.25) is 0 Å². The molecule has 0 aromatic heterocycles. The van der Waals surface area contributed by atoms with Gasteiger partial charge in [0.25, 0.3) is 8.32 Å². The molecule has 1 atom stereocenters. The highest BCUT2D eigenvalue weighted by Crippen LogP contribution is 2.23. The normalized spacial score (nSPS) is 19.1. The third kappa shape index (κ3) is 2.22. The summed E-state index contributed by atoms with van der Waals surface area (Å²) in [6.07, 6.45) is 2.21. The molecule has 1 unspecified atom stereocenters. The summed E-state index contributed by atoms with van der Waals surface area (Å²) >= 11 is 0. The van der Waals surface area contributed by atoms with E-state index in [2.05, 4.69) is 60.7 Å². The summed E-state index contributed by atoms with van der Waals surface area (Å²) in [5, 5.41) is 2.58. The van der Waals surface area contributed by atoms with Crippen LogP contribution in [0.4, 0.5) is 0 Å². The van der Waals surface area contributed by atoms with Gasteiger partial charge in [0.1, 0.15) is 0 Å². The molecule has 0 aliphatic carbocycles. The average molecular weight is 284 g/mol. The molecule has 20 heavy (non-hydrogen) atoms. The lowest BCUT2D eigenvalue weighted by Gasteiger charge is -2.35. The van der Waals surface area contributed by atoms with Crippen molar-refractivity contribution in [2.75, 3.05) is 13.7 Å². The van der Waals surface area contributed by atoms with Crippen LogP contribution < -0.4 is 10.4 Å². The highest BCUT2D eigenvalue weighted by atomic mass is 28.4. The van der Waals surface area contributed by atoms with Crippen LogP contribution in [-0.4, -0.2) is 27.8 Å². The average Bonchev–Trinajstić information content (AvgIpc) is 3.06. The lowest BCUT2D eigenvalue weighted by Crippen LogP contribution is -2.68. The molecule has 1 fully saturated rings. The van der Waals surface area contributed by atoms with E-state index in [0.29, 0.717) is 0 Å². The zero-order valence-corrected chi connectivity index (χ0v) is 12.8. The fourth-order valence-corrected chi connectivity index (χ4v) is 7.33. The van der Waals surface area contributed by atoms with Crippen LogP contribution in [0.2, 0.25) is 0 Å². The molecule has 3 rings (SSSR count). The van der Waals surface area contributed by atoms with Crippen LogP contribution in [0.15, 0.2) is 60.7 Å². The van der Waals surface area contributed by atoms with E-state index in [1.54, 1.807) is 0 Å². The van der Waals surface area contributed by atoms with Gasteiger partial charge in [-0.25, -0.2) is 0 Å². The monoisotopic (exact) mass is 284 g/mol. The van der Waals surface area contributed by atoms with E-state index < -0.39 is 8.32 Å². The minimum absolute atomic E-state index is 0.206. The van der Waals surface area contributed by atoms with Crippen molar-refractivity contribution in [1.82, 2.24) is 0 Å². The number of benzene rings is 2. The smallest absolute Gasteiger partial charge is 0.284 e. The second kappa shape index (κ2) is 5.91. The maximum atomic E-state index is 6.21. The molecule has 0 spiro atoms. The molecular formula is C17H20O2Si. The molecule has 0 bridgehead atoms. The number of hydrogen-bond donors (Lipinski definition) is 0. The molecule has 1 heterocycles. The number of rotatable bonds is 4. The van der Waals surface area contributed by atoms with Crippen molar-refractivity contribution in [3.05, 3.63) is 60.7 Å². The van der Waals surface area contributed by atoms with E-state index in [-0.39, 0.29) is 5.73 Å². The van der Waals surface area contributed by atoms with Crippen LogP contribution in [-0.2, 0) is 9.16 Å². The highest BCUT2D eigenvalue weighted by Gasteiger charge is 2.48. The van der Waals surface area contributed by atoms with Gasteiger partial charge in [0, 0.05) is 13.7 Å². The van der Waals surface area contributed by atoms with Crippen molar-refractivity contribution in [1.29, 1.82) is 0 Å². The van der Waals surface area contributed by atoms with Crippen molar-refractivity contribution in [2.45, 2.75) is 18.6 Å². The number of hydrogen-bond acceptors (Lipinski definition) is 2. The lowest BCUT2D eigenvalue weighted by atomic mass is 10.4. The van der Waals surface area contributed by atoms with Gasteiger partial charge < -0.3 is 9.16 Å². The van der Waals surface area contributed by atoms with Gasteiger partial charge in [-0.05, 0) is 23.2 Å². The van der Waals surface area contributed by atoms with Crippen LogP contribution in [0, 0.1) is 0 Å². The fourth-order valence-electron chi connectivity index (χ4n) is 3.18. The summed E-state index contributed by atoms with van der Waals surface area (Å²) in [7, 11) is -0.470. The zero-order chi connectivity index (χ0) is 13.8. The molecule has 0 saturated carbocycles. The summed E-state index contributed by atoms with van der Waals surface area (Å²) in [5.41, 5.74) is 0.206. The van der Waals surface area contributed by atoms with Gasteiger partial charge in [-0.2, -0.15) is 0 Å². The van der Waals surface area contributed by atoms with E-state index in [0.717, 1.165) is 19.4 Å². The lowest BCUT2D eigenvalue weighted by molar-refractivity contribution is 0.146. The largest absolute Gasteiger partial charge is 0.409 e. The Morgan fingerprint density at radius 2 is 1.50 bits per heavy atom. The second-order valence-electron chi connectivity index (χ2n) is 5.17. The van der Waals surface area contributed by atoms with E-state index in [1.165, 1.54) is 10.4 Å². The maximum absolute atomic E-state index is 6.21. The van der Waals surface area contributed by atoms with Crippen LogP contribution in [0.5, 0.6) is 0 Å². The Labute approximate surface area is 121 Å². The standard InChI is InChI=1S/C17H20O2Si/c1-18-20(17-13-8-14-19-17,15-9-4-2-5-10-15)16-11-6-3-7-12-16/h2-7,9-12,17H,8,13-14H2,1H3. The minimum Gasteiger partial charge on any atom is -0.409 e. The zero-order valence-electron chi connectivity index (χ0n) is 11.8. The molecule has 104 valence electrons. The second-order valence-corrected chi connectivity index (χ2v) is 8.85. The van der Waals surface area contributed by atoms with Gasteiger partial charge in [-0.1, -0.05) is 60.7 Å². The first kappa shape index (κ1) is 13.6. The van der Waals surface area contributed by atoms with Crippen molar-refractivity contribution in [3.8, 4) is 0 Å². The Hall–Kier alpha value is -1.42. The molecule has 1 aliphatic heterocycles. The Morgan fingerprint density at radius 3 is 1.90 bits per heavy atom. The van der Waals surface area contributed by atoms with Crippen molar-refractivity contribution in [2.24, 2.45) is 0 Å². The van der Waals surface area contributed by atoms with Gasteiger partial charge in [-0.3, -0.25) is 0 Å². The maximum Gasteiger partial charge on any atom is 0.284 e. The molecule has 1 saturated heterocycles. The van der Waals surface area contributed by atoms with Gasteiger partial charge in [0.15, 0.2) is 0 Å². The molecule has 0 radical (unpaired) electrons. The van der Waals surface area contributed by atoms with Crippen molar-refractivity contribution >= 4 is 18.7 Å². The van der Waals surface area contributed by atoms with Gasteiger partial charge >= 0.3 is 0 Å². The molecular weight excluding hydrogens is 264 g/mol. The summed E-state index contributed by atoms with van der Waals surface area (Å²) in [5.74, 6) is 0. The van der Waals surface area contributed by atoms with Gasteiger partial charge in [0.05, 0.1) is 5.73 Å². The highest BCUT2D eigenvalue weighted by molar-refractivity contribution is 6.98. The third-order valence-electron chi connectivity index (χ3n) is 4.11. The van der Waals surface area contributed by atoms with Gasteiger partial charge in [-0.15, -0.1) is 0 Å². The molecule has 2 aromatic carbocycles. The Kier molecular flexibility index (Phi) is 4.01. The number of ether oxygens (including phenoxy) is 1. The molecule has 2 nitrogen and oxygen atoms in total. The Bertz CT molecular complexity index is 496. The predicted octanol–water partition coefficient (Wildman–Crippen LogP) is 2.11. The first-order valence-electron chi connectivity index (χ1n) is 7.16. The SMILES string of the molecule is CO[Si](c1ccccc1)(c1ccccc1)C1CCCO1. The molecule has 0 amide bonds.